The van der Waals surface area contributed by atoms with E-state index in [1.165, 1.54) is 0 Å². The number of rotatable bonds is 5. The molecule has 0 heterocycles. The highest BCUT2D eigenvalue weighted by molar-refractivity contribution is 6.02. The first kappa shape index (κ1) is 25.4. The zero-order chi connectivity index (χ0) is 24.7. The first-order valence-corrected chi connectivity index (χ1v) is 13.6. The van der Waals surface area contributed by atoms with Crippen molar-refractivity contribution in [3.8, 4) is 0 Å². The van der Waals surface area contributed by atoms with Crippen LogP contribution in [0.1, 0.15) is 91.9 Å². The molecule has 0 N–H and O–H groups in total. The van der Waals surface area contributed by atoms with Crippen molar-refractivity contribution in [2.24, 2.45) is 46.3 Å². The normalized spacial score (nSPS) is 42.0. The maximum absolute atomic E-state index is 13.6. The van der Waals surface area contributed by atoms with Crippen LogP contribution in [0.3, 0.4) is 0 Å². The maximum Gasteiger partial charge on any atom is 0.316 e. The highest BCUT2D eigenvalue weighted by Crippen LogP contribution is 2.64. The third-order valence-electron chi connectivity index (χ3n) is 10.4. The number of esters is 2. The zero-order valence-corrected chi connectivity index (χ0v) is 21.4. The van der Waals surface area contributed by atoms with Crippen LogP contribution in [0.25, 0.3) is 0 Å². The molecule has 0 aliphatic heterocycles. The number of fused-ring (bicyclic) bond motifs is 5. The molecule has 0 saturated heterocycles. The van der Waals surface area contributed by atoms with Gasteiger partial charge in [-0.25, -0.2) is 0 Å². The highest BCUT2D eigenvalue weighted by Gasteiger charge is 2.61. The summed E-state index contributed by atoms with van der Waals surface area (Å²) < 4.78 is 10.5. The Morgan fingerprint density at radius 2 is 1.44 bits per heavy atom. The minimum absolute atomic E-state index is 0.00929. The molecule has 0 bridgehead atoms. The molecule has 0 aromatic heterocycles. The largest absolute Gasteiger partial charge is 0.465 e. The number of carbonyl (C=O) groups excluding carboxylic acids is 4. The van der Waals surface area contributed by atoms with Crippen LogP contribution in [0.4, 0.5) is 0 Å². The van der Waals surface area contributed by atoms with E-state index in [4.69, 9.17) is 9.47 Å². The lowest BCUT2D eigenvalue weighted by atomic mass is 9.44. The number of ether oxygens (including phenoxy) is 2. The van der Waals surface area contributed by atoms with Crippen LogP contribution in [0.5, 0.6) is 0 Å². The van der Waals surface area contributed by atoms with E-state index in [1.54, 1.807) is 13.8 Å². The van der Waals surface area contributed by atoms with E-state index in [1.807, 2.05) is 0 Å². The molecule has 0 spiro atoms. The number of ketones is 2. The number of carbonyl (C=O) groups is 4. The molecule has 8 unspecified atom stereocenters. The molecule has 4 rings (SSSR count). The van der Waals surface area contributed by atoms with Gasteiger partial charge < -0.3 is 9.47 Å². The highest BCUT2D eigenvalue weighted by atomic mass is 16.5. The van der Waals surface area contributed by atoms with E-state index >= 15 is 0 Å². The molecular formula is C28H42O6. The lowest BCUT2D eigenvalue weighted by molar-refractivity contribution is -0.168. The van der Waals surface area contributed by atoms with Gasteiger partial charge in [0.25, 0.3) is 0 Å². The Balaban J connectivity index is 1.58. The Hall–Kier alpha value is -1.72. The minimum Gasteiger partial charge on any atom is -0.465 e. The minimum atomic E-state index is -0.628. The van der Waals surface area contributed by atoms with Crippen molar-refractivity contribution < 1.29 is 28.7 Å². The summed E-state index contributed by atoms with van der Waals surface area (Å²) in [5.74, 6) is -0.181. The molecule has 4 fully saturated rings. The van der Waals surface area contributed by atoms with Gasteiger partial charge in [-0.2, -0.15) is 0 Å². The van der Waals surface area contributed by atoms with Crippen LogP contribution in [-0.2, 0) is 28.7 Å². The molecule has 8 atom stereocenters. The Bertz CT molecular complexity index is 835. The van der Waals surface area contributed by atoms with E-state index in [0.29, 0.717) is 56.1 Å². The molecule has 0 aromatic rings. The van der Waals surface area contributed by atoms with Gasteiger partial charge in [0, 0.05) is 11.8 Å². The predicted octanol–water partition coefficient (Wildman–Crippen LogP) is 4.92. The molecule has 0 aromatic carbocycles. The lowest BCUT2D eigenvalue weighted by Crippen LogP contribution is -2.57. The van der Waals surface area contributed by atoms with Crippen LogP contribution >= 0.6 is 0 Å². The fourth-order valence-electron chi connectivity index (χ4n) is 8.63. The van der Waals surface area contributed by atoms with Gasteiger partial charge in [0.15, 0.2) is 5.78 Å². The average Bonchev–Trinajstić information content (AvgIpc) is 2.97. The molecule has 4 aliphatic carbocycles. The molecule has 0 amide bonds. The van der Waals surface area contributed by atoms with E-state index in [0.717, 1.165) is 44.9 Å². The molecule has 0 radical (unpaired) electrons. The van der Waals surface area contributed by atoms with Crippen LogP contribution in [0, 0.1) is 46.3 Å². The summed E-state index contributed by atoms with van der Waals surface area (Å²) in [6, 6.07) is 0. The van der Waals surface area contributed by atoms with Crippen molar-refractivity contribution in [2.75, 3.05) is 13.2 Å². The van der Waals surface area contributed by atoms with Crippen molar-refractivity contribution >= 4 is 23.5 Å². The summed E-state index contributed by atoms with van der Waals surface area (Å²) in [5.41, 5.74) is -0.471. The molecule has 190 valence electrons. The number of Topliss-reactive ketones (excluding diaryl/α,β-unsaturated/α-hetero) is 2. The Labute approximate surface area is 203 Å². The SMILES string of the molecule is CCOC(=O)C1CC2(CC)CCC3C(CCC4(C)C(=O)C(C(=O)OCC)CCC34)C2CCC1=O. The topological polar surface area (TPSA) is 86.7 Å². The summed E-state index contributed by atoms with van der Waals surface area (Å²) in [6.07, 6.45) is 8.16. The number of hydrogen-bond donors (Lipinski definition) is 0. The van der Waals surface area contributed by atoms with Gasteiger partial charge in [-0.3, -0.25) is 19.2 Å². The smallest absolute Gasteiger partial charge is 0.316 e. The molecule has 6 nitrogen and oxygen atoms in total. The Morgan fingerprint density at radius 1 is 0.824 bits per heavy atom. The summed E-state index contributed by atoms with van der Waals surface area (Å²) in [5, 5.41) is 0. The summed E-state index contributed by atoms with van der Waals surface area (Å²) in [7, 11) is 0. The van der Waals surface area contributed by atoms with E-state index in [9.17, 15) is 19.2 Å². The lowest BCUT2D eigenvalue weighted by Gasteiger charge is -2.60. The second kappa shape index (κ2) is 9.73. The zero-order valence-electron chi connectivity index (χ0n) is 21.4. The van der Waals surface area contributed by atoms with Crippen LogP contribution in [0.2, 0.25) is 0 Å². The number of hydrogen-bond acceptors (Lipinski definition) is 6. The van der Waals surface area contributed by atoms with Crippen molar-refractivity contribution in [2.45, 2.75) is 91.9 Å². The first-order valence-electron chi connectivity index (χ1n) is 13.6. The fraction of sp³-hybridized carbons (Fsp3) is 0.857. The van der Waals surface area contributed by atoms with Crippen molar-refractivity contribution in [1.29, 1.82) is 0 Å². The van der Waals surface area contributed by atoms with Crippen LogP contribution < -0.4 is 0 Å². The van der Waals surface area contributed by atoms with E-state index in [-0.39, 0.29) is 28.9 Å². The van der Waals surface area contributed by atoms with Crippen molar-refractivity contribution in [1.82, 2.24) is 0 Å². The third kappa shape index (κ3) is 4.03. The summed E-state index contributed by atoms with van der Waals surface area (Å²) in [6.45, 7) is 8.49. The fourth-order valence-corrected chi connectivity index (χ4v) is 8.63. The van der Waals surface area contributed by atoms with Gasteiger partial charge in [-0.15, -0.1) is 0 Å². The summed E-state index contributed by atoms with van der Waals surface area (Å²) in [4.78, 5) is 51.7. The quantitative estimate of drug-likeness (QED) is 0.415. The standard InChI is InChI=1S/C28H42O6/c1-5-28-15-13-17-18(22(28)10-11-23(29)20(16-28)26(32)34-7-3)12-14-27(4)21(17)9-8-19(24(27)30)25(31)33-6-2/h17-22H,5-16H2,1-4H3. The molecule has 6 heteroatoms. The molecule has 4 saturated carbocycles. The average molecular weight is 475 g/mol. The second-order valence-corrected chi connectivity index (χ2v) is 11.5. The molecular weight excluding hydrogens is 432 g/mol. The Morgan fingerprint density at radius 3 is 2.09 bits per heavy atom. The van der Waals surface area contributed by atoms with Crippen molar-refractivity contribution in [3.05, 3.63) is 0 Å². The second-order valence-electron chi connectivity index (χ2n) is 11.5. The van der Waals surface area contributed by atoms with E-state index < -0.39 is 17.3 Å². The van der Waals surface area contributed by atoms with Gasteiger partial charge >= 0.3 is 11.9 Å². The van der Waals surface area contributed by atoms with Crippen molar-refractivity contribution in [3.63, 3.8) is 0 Å². The molecule has 4 aliphatic rings. The third-order valence-corrected chi connectivity index (χ3v) is 10.4. The maximum atomic E-state index is 13.6. The van der Waals surface area contributed by atoms with Gasteiger partial charge in [0.1, 0.15) is 17.6 Å². The van der Waals surface area contributed by atoms with Crippen LogP contribution in [-0.4, -0.2) is 36.7 Å². The van der Waals surface area contributed by atoms with E-state index in [2.05, 4.69) is 13.8 Å². The Kier molecular flexibility index (Phi) is 7.26. The first-order chi connectivity index (χ1) is 16.2. The summed E-state index contributed by atoms with van der Waals surface area (Å²) >= 11 is 0. The van der Waals surface area contributed by atoms with Gasteiger partial charge in [-0.1, -0.05) is 20.3 Å². The van der Waals surface area contributed by atoms with Gasteiger partial charge in [0.05, 0.1) is 13.2 Å². The monoisotopic (exact) mass is 474 g/mol. The predicted molar refractivity (Wildman–Crippen MR) is 127 cm³/mol. The van der Waals surface area contributed by atoms with Gasteiger partial charge in [-0.05, 0) is 94.3 Å². The van der Waals surface area contributed by atoms with Crippen LogP contribution in [0.15, 0.2) is 0 Å². The molecule has 34 heavy (non-hydrogen) atoms. The van der Waals surface area contributed by atoms with Gasteiger partial charge in [0.2, 0.25) is 0 Å².